The van der Waals surface area contributed by atoms with Gasteiger partial charge in [-0.1, -0.05) is 29.8 Å². The number of halogens is 1. The number of pyridine rings is 1. The lowest BCUT2D eigenvalue weighted by Crippen LogP contribution is -2.33. The first-order valence-corrected chi connectivity index (χ1v) is 9.27. The van der Waals surface area contributed by atoms with Gasteiger partial charge in [-0.3, -0.25) is 4.79 Å². The van der Waals surface area contributed by atoms with Crippen molar-refractivity contribution in [1.29, 1.82) is 0 Å². The molecule has 6 heteroatoms. The van der Waals surface area contributed by atoms with Crippen molar-refractivity contribution in [3.63, 3.8) is 0 Å². The summed E-state index contributed by atoms with van der Waals surface area (Å²) in [5.74, 6) is 1.23. The second-order valence-corrected chi connectivity index (χ2v) is 7.24. The molecule has 126 valence electrons. The van der Waals surface area contributed by atoms with Crippen LogP contribution in [0.4, 0.5) is 0 Å². The van der Waals surface area contributed by atoms with Gasteiger partial charge in [0.25, 0.3) is 5.91 Å². The van der Waals surface area contributed by atoms with E-state index in [9.17, 15) is 4.79 Å². The standard InChI is InChI=1S/C18H19ClN2O2S/c1-23-17-14(6-4-9-20-17)18(22)21-10-8-16(24-12-11-21)13-5-2-3-7-15(13)19/h2-7,9,16H,8,10-12H2,1H3. The molecular formula is C18H19ClN2O2S. The molecule has 0 radical (unpaired) electrons. The Morgan fingerprint density at radius 3 is 2.92 bits per heavy atom. The molecule has 1 unspecified atom stereocenters. The van der Waals surface area contributed by atoms with E-state index < -0.39 is 0 Å². The van der Waals surface area contributed by atoms with Crippen molar-refractivity contribution in [3.05, 3.63) is 58.7 Å². The molecule has 0 N–H and O–H groups in total. The number of aromatic nitrogens is 1. The molecule has 0 bridgehead atoms. The molecule has 0 spiro atoms. The number of methoxy groups -OCH3 is 1. The summed E-state index contributed by atoms with van der Waals surface area (Å²) < 4.78 is 5.21. The topological polar surface area (TPSA) is 42.4 Å². The van der Waals surface area contributed by atoms with Crippen LogP contribution in [0.25, 0.3) is 0 Å². The third kappa shape index (κ3) is 3.68. The van der Waals surface area contributed by atoms with E-state index in [2.05, 4.69) is 11.1 Å². The fourth-order valence-corrected chi connectivity index (χ4v) is 4.44. The largest absolute Gasteiger partial charge is 0.480 e. The molecule has 0 saturated carbocycles. The number of nitrogens with zero attached hydrogens (tertiary/aromatic N) is 2. The Labute approximate surface area is 151 Å². The molecule has 24 heavy (non-hydrogen) atoms. The van der Waals surface area contributed by atoms with E-state index in [0.29, 0.717) is 29.8 Å². The van der Waals surface area contributed by atoms with E-state index in [0.717, 1.165) is 22.8 Å². The fourth-order valence-electron chi connectivity index (χ4n) is 2.84. The Bertz CT molecular complexity index is 726. The van der Waals surface area contributed by atoms with Crippen LogP contribution in [0.5, 0.6) is 5.88 Å². The summed E-state index contributed by atoms with van der Waals surface area (Å²) in [4.78, 5) is 18.8. The highest BCUT2D eigenvalue weighted by Crippen LogP contribution is 2.38. The van der Waals surface area contributed by atoms with Gasteiger partial charge >= 0.3 is 0 Å². The summed E-state index contributed by atoms with van der Waals surface area (Å²) in [5.41, 5.74) is 1.67. The van der Waals surface area contributed by atoms with Gasteiger partial charge in [-0.2, -0.15) is 11.8 Å². The summed E-state index contributed by atoms with van der Waals surface area (Å²) >= 11 is 8.18. The third-order valence-corrected chi connectivity index (χ3v) is 5.73. The number of hydrogen-bond donors (Lipinski definition) is 0. The molecule has 0 aliphatic carbocycles. The molecule has 1 amide bonds. The molecule has 1 aliphatic heterocycles. The van der Waals surface area contributed by atoms with Crippen molar-refractivity contribution in [2.75, 3.05) is 26.0 Å². The predicted octanol–water partition coefficient (Wildman–Crippen LogP) is 4.06. The Morgan fingerprint density at radius 1 is 1.29 bits per heavy atom. The molecule has 1 saturated heterocycles. The van der Waals surface area contributed by atoms with Crippen LogP contribution in [-0.2, 0) is 0 Å². The van der Waals surface area contributed by atoms with Crippen molar-refractivity contribution >= 4 is 29.3 Å². The number of amides is 1. The van der Waals surface area contributed by atoms with Crippen LogP contribution in [0, 0.1) is 0 Å². The maximum Gasteiger partial charge on any atom is 0.259 e. The lowest BCUT2D eigenvalue weighted by molar-refractivity contribution is 0.0762. The Balaban J connectivity index is 1.74. The van der Waals surface area contributed by atoms with Crippen LogP contribution in [0.2, 0.25) is 5.02 Å². The van der Waals surface area contributed by atoms with E-state index in [1.807, 2.05) is 34.9 Å². The first kappa shape index (κ1) is 17.1. The van der Waals surface area contributed by atoms with Gasteiger partial charge in [-0.05, 0) is 30.2 Å². The smallest absolute Gasteiger partial charge is 0.259 e. The Kier molecular flexibility index (Phi) is 5.63. The van der Waals surface area contributed by atoms with Crippen molar-refractivity contribution in [3.8, 4) is 5.88 Å². The quantitative estimate of drug-likeness (QED) is 0.825. The second-order valence-electron chi connectivity index (χ2n) is 5.52. The molecule has 1 aromatic carbocycles. The maximum atomic E-state index is 12.8. The maximum absolute atomic E-state index is 12.8. The SMILES string of the molecule is COc1ncccc1C(=O)N1CCSC(c2ccccc2Cl)CC1. The third-order valence-electron chi connectivity index (χ3n) is 4.08. The summed E-state index contributed by atoms with van der Waals surface area (Å²) in [7, 11) is 1.53. The van der Waals surface area contributed by atoms with E-state index in [1.165, 1.54) is 7.11 Å². The van der Waals surface area contributed by atoms with Gasteiger partial charge in [0.1, 0.15) is 5.56 Å². The van der Waals surface area contributed by atoms with Gasteiger partial charge < -0.3 is 9.64 Å². The van der Waals surface area contributed by atoms with Gasteiger partial charge in [-0.25, -0.2) is 4.98 Å². The van der Waals surface area contributed by atoms with E-state index >= 15 is 0 Å². The summed E-state index contributed by atoms with van der Waals surface area (Å²) in [6.07, 6.45) is 2.50. The summed E-state index contributed by atoms with van der Waals surface area (Å²) in [5, 5.41) is 1.11. The lowest BCUT2D eigenvalue weighted by atomic mass is 10.1. The molecule has 3 rings (SSSR count). The first-order valence-electron chi connectivity index (χ1n) is 7.85. The summed E-state index contributed by atoms with van der Waals surface area (Å²) in [6.45, 7) is 1.41. The zero-order valence-electron chi connectivity index (χ0n) is 13.4. The van der Waals surface area contributed by atoms with Crippen molar-refractivity contribution < 1.29 is 9.53 Å². The van der Waals surface area contributed by atoms with Gasteiger partial charge in [0.2, 0.25) is 5.88 Å². The van der Waals surface area contributed by atoms with Crippen LogP contribution in [0.1, 0.15) is 27.6 Å². The molecule has 1 fully saturated rings. The highest BCUT2D eigenvalue weighted by Gasteiger charge is 2.25. The van der Waals surface area contributed by atoms with Crippen LogP contribution in [0.15, 0.2) is 42.6 Å². The molecule has 4 nitrogen and oxygen atoms in total. The van der Waals surface area contributed by atoms with Gasteiger partial charge in [-0.15, -0.1) is 0 Å². The normalized spacial score (nSPS) is 18.1. The Morgan fingerprint density at radius 2 is 2.12 bits per heavy atom. The summed E-state index contributed by atoms with van der Waals surface area (Å²) in [6, 6.07) is 11.5. The number of ether oxygens (including phenoxy) is 1. The number of carbonyl (C=O) groups is 1. The van der Waals surface area contributed by atoms with Crippen LogP contribution in [-0.4, -0.2) is 41.7 Å². The minimum atomic E-state index is -0.0274. The first-order chi connectivity index (χ1) is 11.7. The number of hydrogen-bond acceptors (Lipinski definition) is 4. The van der Waals surface area contributed by atoms with Crippen molar-refractivity contribution in [2.24, 2.45) is 0 Å². The number of rotatable bonds is 3. The van der Waals surface area contributed by atoms with Crippen molar-refractivity contribution in [2.45, 2.75) is 11.7 Å². The average molecular weight is 363 g/mol. The number of carbonyl (C=O) groups excluding carboxylic acids is 1. The molecule has 1 atom stereocenters. The highest BCUT2D eigenvalue weighted by atomic mass is 35.5. The zero-order chi connectivity index (χ0) is 16.9. The van der Waals surface area contributed by atoms with E-state index in [-0.39, 0.29) is 5.91 Å². The van der Waals surface area contributed by atoms with Crippen LogP contribution >= 0.6 is 23.4 Å². The van der Waals surface area contributed by atoms with E-state index in [1.54, 1.807) is 18.3 Å². The fraction of sp³-hybridized carbons (Fsp3) is 0.333. The van der Waals surface area contributed by atoms with Gasteiger partial charge in [0.05, 0.1) is 7.11 Å². The molecule has 1 aromatic heterocycles. The lowest BCUT2D eigenvalue weighted by Gasteiger charge is -2.21. The minimum absolute atomic E-state index is 0.0274. The second kappa shape index (κ2) is 7.90. The predicted molar refractivity (Wildman–Crippen MR) is 98.0 cm³/mol. The molecule has 1 aliphatic rings. The average Bonchev–Trinajstić information content (AvgIpc) is 2.87. The van der Waals surface area contributed by atoms with E-state index in [4.69, 9.17) is 16.3 Å². The van der Waals surface area contributed by atoms with Crippen LogP contribution in [0.3, 0.4) is 0 Å². The number of thioether (sulfide) groups is 1. The molecule has 2 heterocycles. The van der Waals surface area contributed by atoms with Crippen LogP contribution < -0.4 is 4.74 Å². The zero-order valence-corrected chi connectivity index (χ0v) is 15.0. The minimum Gasteiger partial charge on any atom is -0.480 e. The number of benzene rings is 1. The monoisotopic (exact) mass is 362 g/mol. The van der Waals surface area contributed by atoms with Gasteiger partial charge in [0.15, 0.2) is 0 Å². The van der Waals surface area contributed by atoms with Gasteiger partial charge in [0, 0.05) is 35.3 Å². The Hall–Kier alpha value is -1.72. The molecular weight excluding hydrogens is 344 g/mol. The molecule has 2 aromatic rings. The highest BCUT2D eigenvalue weighted by molar-refractivity contribution is 7.99. The van der Waals surface area contributed by atoms with Crippen molar-refractivity contribution in [1.82, 2.24) is 9.88 Å².